The number of aryl methyl sites for hydroxylation is 1. The molecule has 0 spiro atoms. The van der Waals surface area contributed by atoms with E-state index < -0.39 is 0 Å². The van der Waals surface area contributed by atoms with Gasteiger partial charge >= 0.3 is 0 Å². The Bertz CT molecular complexity index is 378. The van der Waals surface area contributed by atoms with Crippen LogP contribution >= 0.6 is 11.5 Å². The summed E-state index contributed by atoms with van der Waals surface area (Å²) in [5.41, 5.74) is 1.31. The van der Waals surface area contributed by atoms with Crippen molar-refractivity contribution in [3.8, 4) is 10.4 Å². The molecule has 1 heterocycles. The van der Waals surface area contributed by atoms with Gasteiger partial charge in [0, 0.05) is 6.07 Å². The highest BCUT2D eigenvalue weighted by Crippen LogP contribution is 2.20. The highest BCUT2D eigenvalue weighted by molar-refractivity contribution is 7.05. The molecule has 13 heavy (non-hydrogen) atoms. The van der Waals surface area contributed by atoms with E-state index >= 15 is 0 Å². The summed E-state index contributed by atoms with van der Waals surface area (Å²) in [7, 11) is 0. The van der Waals surface area contributed by atoms with Gasteiger partial charge in [0.05, 0.1) is 0 Å². The van der Waals surface area contributed by atoms with Gasteiger partial charge in [0.25, 0.3) is 0 Å². The van der Waals surface area contributed by atoms with Gasteiger partial charge in [-0.05, 0) is 12.5 Å². The molecule has 2 heteroatoms. The Hall–Kier alpha value is -1.15. The number of hydrogen-bond acceptors (Lipinski definition) is 1. The highest BCUT2D eigenvalue weighted by Gasteiger charge is 2.06. The maximum Gasteiger partial charge on any atom is 0.184 e. The van der Waals surface area contributed by atoms with Crippen LogP contribution in [-0.2, 0) is 6.54 Å². The SMILES string of the molecule is CC[n+]1ccc(-c2ccccc2)s1. The van der Waals surface area contributed by atoms with Crippen molar-refractivity contribution < 1.29 is 3.96 Å². The van der Waals surface area contributed by atoms with E-state index in [-0.39, 0.29) is 0 Å². The Morgan fingerprint density at radius 3 is 2.54 bits per heavy atom. The third-order valence-corrected chi connectivity index (χ3v) is 3.16. The number of hydrogen-bond donors (Lipinski definition) is 0. The van der Waals surface area contributed by atoms with Crippen molar-refractivity contribution in [1.82, 2.24) is 0 Å². The van der Waals surface area contributed by atoms with Crippen molar-refractivity contribution in [1.29, 1.82) is 0 Å². The lowest BCUT2D eigenvalue weighted by Gasteiger charge is -1.90. The first-order valence-corrected chi connectivity index (χ1v) is 5.22. The van der Waals surface area contributed by atoms with Gasteiger partial charge in [-0.2, -0.15) is 0 Å². The lowest BCUT2D eigenvalue weighted by Crippen LogP contribution is -2.24. The van der Waals surface area contributed by atoms with Gasteiger partial charge in [-0.15, -0.1) is 3.96 Å². The van der Waals surface area contributed by atoms with Gasteiger partial charge in [0.15, 0.2) is 12.7 Å². The molecule has 0 radical (unpaired) electrons. The van der Waals surface area contributed by atoms with Crippen molar-refractivity contribution in [2.24, 2.45) is 0 Å². The van der Waals surface area contributed by atoms with E-state index in [1.807, 2.05) is 6.07 Å². The average Bonchev–Trinajstić information content (AvgIpc) is 2.67. The van der Waals surface area contributed by atoms with Crippen LogP contribution in [0.1, 0.15) is 6.92 Å². The molecule has 1 aromatic carbocycles. The van der Waals surface area contributed by atoms with E-state index in [1.165, 1.54) is 10.4 Å². The largest absolute Gasteiger partial charge is 0.184 e. The molecule has 0 saturated heterocycles. The normalized spacial score (nSPS) is 10.2. The Kier molecular flexibility index (Phi) is 2.41. The summed E-state index contributed by atoms with van der Waals surface area (Å²) in [4.78, 5) is 1.34. The van der Waals surface area contributed by atoms with Crippen LogP contribution in [0.5, 0.6) is 0 Å². The van der Waals surface area contributed by atoms with Gasteiger partial charge in [-0.25, -0.2) is 0 Å². The molecule has 0 atom stereocenters. The number of rotatable bonds is 2. The molecular weight excluding hydrogens is 178 g/mol. The Balaban J connectivity index is 2.36. The summed E-state index contributed by atoms with van der Waals surface area (Å²) in [5.74, 6) is 0. The minimum absolute atomic E-state index is 1.05. The molecule has 2 aromatic rings. The zero-order valence-corrected chi connectivity index (χ0v) is 8.42. The van der Waals surface area contributed by atoms with Crippen LogP contribution in [0.4, 0.5) is 0 Å². The predicted molar refractivity (Wildman–Crippen MR) is 55.6 cm³/mol. The fourth-order valence-corrected chi connectivity index (χ4v) is 2.13. The first-order valence-electron chi connectivity index (χ1n) is 4.45. The monoisotopic (exact) mass is 190 g/mol. The first-order chi connectivity index (χ1) is 6.40. The summed E-state index contributed by atoms with van der Waals surface area (Å²) >= 11 is 1.80. The van der Waals surface area contributed by atoms with Crippen LogP contribution in [0, 0.1) is 0 Å². The maximum atomic E-state index is 2.22. The molecule has 0 aliphatic rings. The molecule has 1 aromatic heterocycles. The van der Waals surface area contributed by atoms with Crippen LogP contribution in [-0.4, -0.2) is 0 Å². The summed E-state index contributed by atoms with van der Waals surface area (Å²) in [5, 5.41) is 0. The smallest absolute Gasteiger partial charge is 0.141 e. The number of aromatic nitrogens is 1. The van der Waals surface area contributed by atoms with Gasteiger partial charge in [0.1, 0.15) is 16.4 Å². The van der Waals surface area contributed by atoms with Gasteiger partial charge in [-0.1, -0.05) is 30.3 Å². The van der Waals surface area contributed by atoms with Crippen molar-refractivity contribution in [2.75, 3.05) is 0 Å². The third kappa shape index (κ3) is 1.78. The fourth-order valence-electron chi connectivity index (χ4n) is 1.26. The van der Waals surface area contributed by atoms with E-state index in [1.54, 1.807) is 11.5 Å². The number of benzene rings is 1. The zero-order valence-electron chi connectivity index (χ0n) is 7.60. The fraction of sp³-hybridized carbons (Fsp3) is 0.182. The van der Waals surface area contributed by atoms with Crippen molar-refractivity contribution in [3.05, 3.63) is 42.6 Å². The van der Waals surface area contributed by atoms with Crippen LogP contribution < -0.4 is 3.96 Å². The standard InChI is InChI=1S/C11H12NS/c1-2-12-9-8-11(13-12)10-6-4-3-5-7-10/h3-9H,2H2,1H3/q+1. The van der Waals surface area contributed by atoms with Crippen LogP contribution in [0.2, 0.25) is 0 Å². The number of nitrogens with zero attached hydrogens (tertiary/aromatic N) is 1. The third-order valence-electron chi connectivity index (χ3n) is 1.98. The Morgan fingerprint density at radius 2 is 1.92 bits per heavy atom. The summed E-state index contributed by atoms with van der Waals surface area (Å²) in [6.07, 6.45) is 2.13. The van der Waals surface area contributed by atoms with E-state index in [2.05, 4.69) is 47.4 Å². The summed E-state index contributed by atoms with van der Waals surface area (Å²) in [6, 6.07) is 12.7. The molecule has 0 unspecified atom stereocenters. The minimum atomic E-state index is 1.05. The molecule has 1 nitrogen and oxygen atoms in total. The molecule has 0 saturated carbocycles. The second-order valence-corrected chi connectivity index (χ2v) is 3.96. The second kappa shape index (κ2) is 3.71. The summed E-state index contributed by atoms with van der Waals surface area (Å²) < 4.78 is 2.22. The molecule has 0 fully saturated rings. The predicted octanol–water partition coefficient (Wildman–Crippen LogP) is 2.72. The van der Waals surface area contributed by atoms with Gasteiger partial charge in [-0.3, -0.25) is 0 Å². The second-order valence-electron chi connectivity index (χ2n) is 2.87. The van der Waals surface area contributed by atoms with Crippen LogP contribution in [0.25, 0.3) is 10.4 Å². The molecule has 0 N–H and O–H groups in total. The van der Waals surface area contributed by atoms with Crippen molar-refractivity contribution in [2.45, 2.75) is 13.5 Å². The highest BCUT2D eigenvalue weighted by atomic mass is 32.1. The lowest BCUT2D eigenvalue weighted by atomic mass is 10.2. The molecule has 0 amide bonds. The molecule has 2 rings (SSSR count). The topological polar surface area (TPSA) is 3.88 Å². The quantitative estimate of drug-likeness (QED) is 0.641. The lowest BCUT2D eigenvalue weighted by molar-refractivity contribution is -0.625. The molecule has 0 bridgehead atoms. The Morgan fingerprint density at radius 1 is 1.15 bits per heavy atom. The Labute approximate surface area is 82.4 Å². The van der Waals surface area contributed by atoms with Gasteiger partial charge < -0.3 is 0 Å². The minimum Gasteiger partial charge on any atom is -0.141 e. The van der Waals surface area contributed by atoms with Crippen LogP contribution in [0.15, 0.2) is 42.6 Å². The average molecular weight is 190 g/mol. The van der Waals surface area contributed by atoms with E-state index in [0.29, 0.717) is 0 Å². The maximum absolute atomic E-state index is 2.22. The van der Waals surface area contributed by atoms with E-state index in [4.69, 9.17) is 0 Å². The molecule has 0 aliphatic carbocycles. The van der Waals surface area contributed by atoms with E-state index in [0.717, 1.165) is 6.54 Å². The van der Waals surface area contributed by atoms with Crippen LogP contribution in [0.3, 0.4) is 0 Å². The van der Waals surface area contributed by atoms with Crippen molar-refractivity contribution >= 4 is 11.5 Å². The zero-order chi connectivity index (χ0) is 9.10. The molecular formula is C11H12NS+. The van der Waals surface area contributed by atoms with Crippen molar-refractivity contribution in [3.63, 3.8) is 0 Å². The van der Waals surface area contributed by atoms with Gasteiger partial charge in [0.2, 0.25) is 0 Å². The molecule has 0 aliphatic heterocycles. The molecule has 66 valence electrons. The first kappa shape index (κ1) is 8.45. The summed E-state index contributed by atoms with van der Waals surface area (Å²) in [6.45, 7) is 3.21. The van der Waals surface area contributed by atoms with E-state index in [9.17, 15) is 0 Å².